The maximum Gasteiger partial charge on any atom is 0.338 e. The molecule has 1 unspecified atom stereocenters. The van der Waals surface area contributed by atoms with Gasteiger partial charge >= 0.3 is 11.0 Å². The summed E-state index contributed by atoms with van der Waals surface area (Å²) in [5.41, 5.74) is 0. The van der Waals surface area contributed by atoms with Gasteiger partial charge in [-0.15, -0.1) is 0 Å². The third-order valence-corrected chi connectivity index (χ3v) is 2.39. The number of carbonyl (C=O) groups is 1. The van der Waals surface area contributed by atoms with Crippen LogP contribution in [-0.4, -0.2) is 21.1 Å². The molecule has 1 aromatic heterocycles. The van der Waals surface area contributed by atoms with Crippen LogP contribution in [-0.2, 0) is 4.79 Å². The zero-order valence-corrected chi connectivity index (χ0v) is 7.02. The summed E-state index contributed by atoms with van der Waals surface area (Å²) < 4.78 is 0. The second kappa shape index (κ2) is 3.50. The Bertz CT molecular complexity index is 347. The number of thiophene rings is 1. The second-order valence-electron chi connectivity index (χ2n) is 2.17. The van der Waals surface area contributed by atoms with Crippen LogP contribution in [0.4, 0.5) is 5.00 Å². The van der Waals surface area contributed by atoms with Crippen LogP contribution in [0.2, 0.25) is 0 Å². The van der Waals surface area contributed by atoms with Gasteiger partial charge in [0.05, 0.1) is 9.80 Å². The van der Waals surface area contributed by atoms with Crippen molar-refractivity contribution in [1.82, 2.24) is 0 Å². The quantitative estimate of drug-likeness (QED) is 0.558. The van der Waals surface area contributed by atoms with Gasteiger partial charge < -0.3 is 10.2 Å². The molecular weight excluding hydrogens is 198 g/mol. The van der Waals surface area contributed by atoms with E-state index in [4.69, 9.17) is 10.2 Å². The van der Waals surface area contributed by atoms with Gasteiger partial charge in [-0.3, -0.25) is 10.1 Å². The van der Waals surface area contributed by atoms with E-state index in [0.717, 1.165) is 6.07 Å². The molecule has 1 heterocycles. The van der Waals surface area contributed by atoms with Crippen molar-refractivity contribution in [2.24, 2.45) is 0 Å². The Morgan fingerprint density at radius 1 is 1.62 bits per heavy atom. The van der Waals surface area contributed by atoms with E-state index < -0.39 is 17.0 Å². The van der Waals surface area contributed by atoms with Crippen molar-refractivity contribution in [3.63, 3.8) is 0 Å². The minimum atomic E-state index is -1.68. The summed E-state index contributed by atoms with van der Waals surface area (Å²) in [7, 11) is 0. The predicted octanol–water partition coefficient (Wildman–Crippen LogP) is 0.774. The highest BCUT2D eigenvalue weighted by Crippen LogP contribution is 2.28. The molecule has 70 valence electrons. The summed E-state index contributed by atoms with van der Waals surface area (Å²) in [6.07, 6.45) is -1.68. The normalized spacial score (nSPS) is 12.4. The van der Waals surface area contributed by atoms with Crippen LogP contribution in [0.15, 0.2) is 12.1 Å². The SMILES string of the molecule is O=C(O)C(O)c1ccc([N+](=O)[O-])s1. The van der Waals surface area contributed by atoms with Crippen LogP contribution in [0.25, 0.3) is 0 Å². The van der Waals surface area contributed by atoms with E-state index in [0.29, 0.717) is 11.3 Å². The van der Waals surface area contributed by atoms with Gasteiger partial charge in [-0.2, -0.15) is 0 Å². The molecule has 2 N–H and O–H groups in total. The molecule has 0 fully saturated rings. The first kappa shape index (κ1) is 9.62. The number of hydrogen-bond donors (Lipinski definition) is 2. The number of nitrogens with zero attached hydrogens (tertiary/aromatic N) is 1. The molecule has 0 saturated heterocycles. The Morgan fingerprint density at radius 2 is 2.23 bits per heavy atom. The lowest BCUT2D eigenvalue weighted by Crippen LogP contribution is -2.08. The number of nitro groups is 1. The Labute approximate surface area is 76.2 Å². The maximum absolute atomic E-state index is 10.3. The molecule has 0 aliphatic heterocycles. The number of aliphatic hydroxyl groups excluding tert-OH is 1. The van der Waals surface area contributed by atoms with Crippen LogP contribution in [0.5, 0.6) is 0 Å². The standard InChI is InChI=1S/C6H5NO5S/c8-5(6(9)10)3-1-2-4(13-3)7(11)12/h1-2,5,8H,(H,9,10). The topological polar surface area (TPSA) is 101 Å². The molecule has 1 atom stereocenters. The Morgan fingerprint density at radius 3 is 2.62 bits per heavy atom. The largest absolute Gasteiger partial charge is 0.479 e. The molecule has 0 amide bonds. The second-order valence-corrected chi connectivity index (χ2v) is 3.27. The average molecular weight is 203 g/mol. The first-order valence-corrected chi connectivity index (χ1v) is 3.99. The molecule has 7 heteroatoms. The lowest BCUT2D eigenvalue weighted by atomic mass is 10.3. The van der Waals surface area contributed by atoms with Gasteiger partial charge in [0, 0.05) is 6.07 Å². The number of carboxylic acid groups (broad SMARTS) is 1. The van der Waals surface area contributed by atoms with Crippen molar-refractivity contribution < 1.29 is 19.9 Å². The molecule has 0 aromatic carbocycles. The minimum absolute atomic E-state index is 0.0548. The van der Waals surface area contributed by atoms with E-state index >= 15 is 0 Å². The summed E-state index contributed by atoms with van der Waals surface area (Å²) in [4.78, 5) is 19.9. The van der Waals surface area contributed by atoms with Crippen molar-refractivity contribution in [3.05, 3.63) is 27.1 Å². The molecular formula is C6H5NO5S. The molecule has 6 nitrogen and oxygen atoms in total. The number of aliphatic hydroxyl groups is 1. The summed E-state index contributed by atoms with van der Waals surface area (Å²) in [5, 5.41) is 27.4. The highest BCUT2D eigenvalue weighted by molar-refractivity contribution is 7.15. The Hall–Kier alpha value is -1.47. The number of hydrogen-bond acceptors (Lipinski definition) is 5. The van der Waals surface area contributed by atoms with Gasteiger partial charge in [0.15, 0.2) is 6.10 Å². The minimum Gasteiger partial charge on any atom is -0.479 e. The smallest absolute Gasteiger partial charge is 0.338 e. The highest BCUT2D eigenvalue weighted by Gasteiger charge is 2.20. The third-order valence-electron chi connectivity index (χ3n) is 1.30. The van der Waals surface area contributed by atoms with Gasteiger partial charge in [0.1, 0.15) is 0 Å². The Kier molecular flexibility index (Phi) is 2.59. The monoisotopic (exact) mass is 203 g/mol. The van der Waals surface area contributed by atoms with E-state index in [2.05, 4.69) is 0 Å². The first-order valence-electron chi connectivity index (χ1n) is 3.17. The molecule has 0 aliphatic rings. The Balaban J connectivity index is 2.91. The first-order chi connectivity index (χ1) is 6.02. The lowest BCUT2D eigenvalue weighted by Gasteiger charge is -1.98. The van der Waals surface area contributed by atoms with Crippen molar-refractivity contribution in [1.29, 1.82) is 0 Å². The molecule has 0 radical (unpaired) electrons. The molecule has 0 bridgehead atoms. The molecule has 0 saturated carbocycles. The fourth-order valence-corrected chi connectivity index (χ4v) is 1.51. The molecule has 0 spiro atoms. The van der Waals surface area contributed by atoms with Gasteiger partial charge in [-0.05, 0) is 6.07 Å². The highest BCUT2D eigenvalue weighted by atomic mass is 32.1. The van der Waals surface area contributed by atoms with E-state index in [1.165, 1.54) is 6.07 Å². The zero-order valence-electron chi connectivity index (χ0n) is 6.21. The molecule has 1 rings (SSSR count). The van der Waals surface area contributed by atoms with Crippen molar-refractivity contribution in [2.75, 3.05) is 0 Å². The maximum atomic E-state index is 10.3. The van der Waals surface area contributed by atoms with Crippen molar-refractivity contribution in [2.45, 2.75) is 6.10 Å². The van der Waals surface area contributed by atoms with Crippen LogP contribution in [0.1, 0.15) is 11.0 Å². The number of rotatable bonds is 3. The molecule has 1 aromatic rings. The average Bonchev–Trinajstić information content (AvgIpc) is 2.50. The van der Waals surface area contributed by atoms with Gasteiger partial charge in [-0.1, -0.05) is 11.3 Å². The zero-order chi connectivity index (χ0) is 10.0. The summed E-state index contributed by atoms with van der Waals surface area (Å²) >= 11 is 0.648. The molecule has 13 heavy (non-hydrogen) atoms. The van der Waals surface area contributed by atoms with E-state index in [1.807, 2.05) is 0 Å². The van der Waals surface area contributed by atoms with E-state index in [1.54, 1.807) is 0 Å². The van der Waals surface area contributed by atoms with Gasteiger partial charge in [0.2, 0.25) is 0 Å². The number of carboxylic acids is 1. The van der Waals surface area contributed by atoms with Gasteiger partial charge in [0.25, 0.3) is 0 Å². The van der Waals surface area contributed by atoms with Crippen molar-refractivity contribution >= 4 is 22.3 Å². The summed E-state index contributed by atoms with van der Waals surface area (Å²) in [6.45, 7) is 0. The van der Waals surface area contributed by atoms with Crippen LogP contribution in [0.3, 0.4) is 0 Å². The van der Waals surface area contributed by atoms with Crippen molar-refractivity contribution in [3.8, 4) is 0 Å². The van der Waals surface area contributed by atoms with E-state index in [-0.39, 0.29) is 9.88 Å². The molecule has 0 aliphatic carbocycles. The predicted molar refractivity (Wildman–Crippen MR) is 43.6 cm³/mol. The van der Waals surface area contributed by atoms with E-state index in [9.17, 15) is 14.9 Å². The number of aliphatic carboxylic acids is 1. The van der Waals surface area contributed by atoms with Gasteiger partial charge in [-0.25, -0.2) is 4.79 Å². The summed E-state index contributed by atoms with van der Waals surface area (Å²) in [6, 6.07) is 2.38. The van der Waals surface area contributed by atoms with Crippen LogP contribution >= 0.6 is 11.3 Å². The fraction of sp³-hybridized carbons (Fsp3) is 0.167. The van der Waals surface area contributed by atoms with Crippen LogP contribution in [0, 0.1) is 10.1 Å². The summed E-state index contributed by atoms with van der Waals surface area (Å²) in [5.74, 6) is -1.42. The lowest BCUT2D eigenvalue weighted by molar-refractivity contribution is -0.380. The van der Waals surface area contributed by atoms with Crippen LogP contribution < -0.4 is 0 Å². The fourth-order valence-electron chi connectivity index (χ4n) is 0.709. The third kappa shape index (κ3) is 2.01.